The molecular weight excluding hydrogens is 281 g/mol. The van der Waals surface area contributed by atoms with Crippen LogP contribution in [0.3, 0.4) is 0 Å². The Bertz CT molecular complexity index is 639. The third-order valence-corrected chi connectivity index (χ3v) is 2.90. The number of hydrogen-bond acceptors (Lipinski definition) is 3. The molecule has 2 aromatic rings. The second-order valence-electron chi connectivity index (χ2n) is 4.91. The molecule has 21 heavy (non-hydrogen) atoms. The summed E-state index contributed by atoms with van der Waals surface area (Å²) in [5, 5.41) is 0. The van der Waals surface area contributed by atoms with E-state index in [1.54, 1.807) is 12.1 Å². The minimum Gasteiger partial charge on any atom is -0.439 e. The molecule has 2 rings (SSSR count). The summed E-state index contributed by atoms with van der Waals surface area (Å²) in [6.07, 6.45) is -4.49. The van der Waals surface area contributed by atoms with Crippen LogP contribution in [0.15, 0.2) is 36.4 Å². The fourth-order valence-electron chi connectivity index (χ4n) is 1.90. The molecule has 0 aliphatic heterocycles. The number of hydrogen-bond donors (Lipinski definition) is 1. The lowest BCUT2D eigenvalue weighted by Crippen LogP contribution is -2.07. The van der Waals surface area contributed by atoms with Crippen molar-refractivity contribution in [3.05, 3.63) is 47.5 Å². The molecule has 0 unspecified atom stereocenters. The zero-order chi connectivity index (χ0) is 15.6. The zero-order valence-corrected chi connectivity index (χ0v) is 11.6. The van der Waals surface area contributed by atoms with Gasteiger partial charge < -0.3 is 10.5 Å². The minimum atomic E-state index is -4.49. The van der Waals surface area contributed by atoms with Crippen LogP contribution in [0, 0.1) is 0 Å². The monoisotopic (exact) mass is 296 g/mol. The van der Waals surface area contributed by atoms with Gasteiger partial charge >= 0.3 is 6.18 Å². The second-order valence-corrected chi connectivity index (χ2v) is 4.91. The average Bonchev–Trinajstić information content (AvgIpc) is 2.37. The van der Waals surface area contributed by atoms with Gasteiger partial charge in [-0.2, -0.15) is 18.2 Å². The Kier molecular flexibility index (Phi) is 4.06. The van der Waals surface area contributed by atoms with Gasteiger partial charge in [0.2, 0.25) is 5.88 Å². The lowest BCUT2D eigenvalue weighted by Gasteiger charge is -2.14. The van der Waals surface area contributed by atoms with Crippen molar-refractivity contribution in [3.8, 4) is 11.6 Å². The highest BCUT2D eigenvalue weighted by Gasteiger charge is 2.31. The maximum absolute atomic E-state index is 12.8. The van der Waals surface area contributed by atoms with Crippen LogP contribution < -0.4 is 10.5 Å². The molecule has 0 radical (unpaired) electrons. The van der Waals surface area contributed by atoms with E-state index in [1.807, 2.05) is 26.0 Å². The summed E-state index contributed by atoms with van der Waals surface area (Å²) in [7, 11) is 0. The van der Waals surface area contributed by atoms with E-state index in [-0.39, 0.29) is 17.6 Å². The van der Waals surface area contributed by atoms with Gasteiger partial charge in [0.05, 0.1) is 5.56 Å². The molecular formula is C15H15F3N2O. The number of anilines is 1. The first kappa shape index (κ1) is 15.2. The summed E-state index contributed by atoms with van der Waals surface area (Å²) >= 11 is 0. The van der Waals surface area contributed by atoms with Crippen molar-refractivity contribution < 1.29 is 17.9 Å². The number of para-hydroxylation sites is 1. The third-order valence-electron chi connectivity index (χ3n) is 2.90. The SMILES string of the molecule is CC(C)c1ccccc1Oc1cc(C(F)(F)F)cc(N)n1. The quantitative estimate of drug-likeness (QED) is 0.900. The molecule has 0 aliphatic rings. The number of nitrogen functional groups attached to an aromatic ring is 1. The van der Waals surface area contributed by atoms with Crippen LogP contribution in [-0.2, 0) is 6.18 Å². The van der Waals surface area contributed by atoms with Crippen LogP contribution in [0.2, 0.25) is 0 Å². The van der Waals surface area contributed by atoms with Gasteiger partial charge in [0.15, 0.2) is 0 Å². The molecule has 0 amide bonds. The first-order valence-electron chi connectivity index (χ1n) is 6.39. The van der Waals surface area contributed by atoms with Gasteiger partial charge in [-0.25, -0.2) is 0 Å². The number of aromatic nitrogens is 1. The molecule has 0 fully saturated rings. The van der Waals surface area contributed by atoms with Crippen molar-refractivity contribution in [2.45, 2.75) is 25.9 Å². The fraction of sp³-hybridized carbons (Fsp3) is 0.267. The molecule has 0 bridgehead atoms. The maximum Gasteiger partial charge on any atom is 0.416 e. The van der Waals surface area contributed by atoms with E-state index >= 15 is 0 Å². The number of rotatable bonds is 3. The molecule has 1 aromatic carbocycles. The minimum absolute atomic E-state index is 0.171. The standard InChI is InChI=1S/C15H15F3N2O/c1-9(2)11-5-3-4-6-12(11)21-14-8-10(15(16,17)18)7-13(19)20-14/h3-9H,1-2H3,(H2,19,20). The smallest absolute Gasteiger partial charge is 0.416 e. The molecule has 1 aromatic heterocycles. The largest absolute Gasteiger partial charge is 0.439 e. The molecule has 3 nitrogen and oxygen atoms in total. The molecule has 6 heteroatoms. The number of benzene rings is 1. The number of alkyl halides is 3. The highest BCUT2D eigenvalue weighted by atomic mass is 19.4. The van der Waals surface area contributed by atoms with Gasteiger partial charge in [0, 0.05) is 6.07 Å². The maximum atomic E-state index is 12.8. The Hall–Kier alpha value is -2.24. The van der Waals surface area contributed by atoms with E-state index in [4.69, 9.17) is 10.5 Å². The summed E-state index contributed by atoms with van der Waals surface area (Å²) in [6.45, 7) is 3.94. The summed E-state index contributed by atoms with van der Waals surface area (Å²) in [4.78, 5) is 3.80. The van der Waals surface area contributed by atoms with Crippen molar-refractivity contribution in [1.29, 1.82) is 0 Å². The summed E-state index contributed by atoms with van der Waals surface area (Å²) < 4.78 is 43.8. The molecule has 0 atom stereocenters. The zero-order valence-electron chi connectivity index (χ0n) is 11.6. The number of nitrogens with two attached hydrogens (primary N) is 1. The van der Waals surface area contributed by atoms with Gasteiger partial charge in [-0.05, 0) is 23.6 Å². The number of nitrogens with zero attached hydrogens (tertiary/aromatic N) is 1. The van der Waals surface area contributed by atoms with Crippen molar-refractivity contribution in [2.75, 3.05) is 5.73 Å². The Morgan fingerprint density at radius 3 is 2.43 bits per heavy atom. The molecule has 0 spiro atoms. The van der Waals surface area contributed by atoms with Crippen molar-refractivity contribution in [2.24, 2.45) is 0 Å². The van der Waals surface area contributed by atoms with Gasteiger partial charge in [0.1, 0.15) is 11.6 Å². The van der Waals surface area contributed by atoms with Gasteiger partial charge in [0.25, 0.3) is 0 Å². The molecule has 1 heterocycles. The predicted molar refractivity (Wildman–Crippen MR) is 74.3 cm³/mol. The Labute approximate surface area is 120 Å². The normalized spacial score (nSPS) is 11.7. The van der Waals surface area contributed by atoms with E-state index in [1.165, 1.54) is 0 Å². The van der Waals surface area contributed by atoms with Gasteiger partial charge in [-0.3, -0.25) is 0 Å². The van der Waals surface area contributed by atoms with Crippen LogP contribution in [0.5, 0.6) is 11.6 Å². The van der Waals surface area contributed by atoms with E-state index in [9.17, 15) is 13.2 Å². The first-order valence-corrected chi connectivity index (χ1v) is 6.39. The van der Waals surface area contributed by atoms with E-state index in [0.717, 1.165) is 17.7 Å². The van der Waals surface area contributed by atoms with Crippen LogP contribution in [-0.4, -0.2) is 4.98 Å². The van der Waals surface area contributed by atoms with E-state index < -0.39 is 11.7 Å². The average molecular weight is 296 g/mol. The highest BCUT2D eigenvalue weighted by Crippen LogP contribution is 2.34. The van der Waals surface area contributed by atoms with Crippen LogP contribution in [0.4, 0.5) is 19.0 Å². The highest BCUT2D eigenvalue weighted by molar-refractivity contribution is 5.42. The topological polar surface area (TPSA) is 48.1 Å². The summed E-state index contributed by atoms with van der Waals surface area (Å²) in [5.74, 6) is 0.236. The summed E-state index contributed by atoms with van der Waals surface area (Å²) in [5.41, 5.74) is 5.42. The predicted octanol–water partition coefficient (Wildman–Crippen LogP) is 4.60. The third kappa shape index (κ3) is 3.65. The molecule has 2 N–H and O–H groups in total. The van der Waals surface area contributed by atoms with Gasteiger partial charge in [-0.15, -0.1) is 0 Å². The van der Waals surface area contributed by atoms with Crippen molar-refractivity contribution >= 4 is 5.82 Å². The Morgan fingerprint density at radius 1 is 1.14 bits per heavy atom. The first-order chi connectivity index (χ1) is 9.77. The van der Waals surface area contributed by atoms with Crippen molar-refractivity contribution in [3.63, 3.8) is 0 Å². The molecule has 112 valence electrons. The van der Waals surface area contributed by atoms with Crippen LogP contribution in [0.25, 0.3) is 0 Å². The van der Waals surface area contributed by atoms with Gasteiger partial charge in [-0.1, -0.05) is 32.0 Å². The number of pyridine rings is 1. The van der Waals surface area contributed by atoms with Crippen LogP contribution >= 0.6 is 0 Å². The lowest BCUT2D eigenvalue weighted by molar-refractivity contribution is -0.137. The molecule has 0 saturated heterocycles. The fourth-order valence-corrected chi connectivity index (χ4v) is 1.90. The van der Waals surface area contributed by atoms with Crippen molar-refractivity contribution in [1.82, 2.24) is 4.98 Å². The Morgan fingerprint density at radius 2 is 1.81 bits per heavy atom. The number of halogens is 3. The van der Waals surface area contributed by atoms with E-state index in [2.05, 4.69) is 4.98 Å². The summed E-state index contributed by atoms with van der Waals surface area (Å²) in [6, 6.07) is 8.76. The molecule has 0 aliphatic carbocycles. The lowest BCUT2D eigenvalue weighted by atomic mass is 10.0. The molecule has 0 saturated carbocycles. The second kappa shape index (κ2) is 5.63. The van der Waals surface area contributed by atoms with Crippen LogP contribution in [0.1, 0.15) is 30.9 Å². The van der Waals surface area contributed by atoms with E-state index in [0.29, 0.717) is 5.75 Å². The number of ether oxygens (including phenoxy) is 1. The Balaban J connectivity index is 2.39.